The molecule has 0 amide bonds. The summed E-state index contributed by atoms with van der Waals surface area (Å²) in [4.78, 5) is 9.30. The van der Waals surface area contributed by atoms with Crippen molar-refractivity contribution in [2.24, 2.45) is 5.92 Å². The smallest absolute Gasteiger partial charge is 0.131 e. The minimum Gasteiger partial charge on any atom is -0.316 e. The summed E-state index contributed by atoms with van der Waals surface area (Å²) in [5.41, 5.74) is 3.63. The number of aryl methyl sites for hydroxylation is 2. The molecule has 1 unspecified atom stereocenters. The third kappa shape index (κ3) is 4.90. The molecule has 1 aromatic rings. The van der Waals surface area contributed by atoms with Gasteiger partial charge in [-0.05, 0) is 51.3 Å². The summed E-state index contributed by atoms with van der Waals surface area (Å²) in [7, 11) is 0. The zero-order chi connectivity index (χ0) is 14.4. The zero-order valence-electron chi connectivity index (χ0n) is 13.4. The number of hydrogen-bond donors (Lipinski definition) is 1. The molecule has 0 aromatic carbocycles. The Morgan fingerprint density at radius 2 is 1.63 bits per heavy atom. The van der Waals surface area contributed by atoms with Crippen LogP contribution in [0.1, 0.15) is 62.8 Å². The van der Waals surface area contributed by atoms with Gasteiger partial charge in [0.2, 0.25) is 0 Å². The van der Waals surface area contributed by atoms with Crippen LogP contribution in [-0.2, 0) is 6.42 Å². The molecule has 0 saturated carbocycles. The van der Waals surface area contributed by atoms with E-state index in [4.69, 9.17) is 0 Å². The van der Waals surface area contributed by atoms with Crippen LogP contribution in [0, 0.1) is 19.8 Å². The molecule has 3 nitrogen and oxygen atoms in total. The van der Waals surface area contributed by atoms with Crippen molar-refractivity contribution in [2.75, 3.05) is 13.1 Å². The number of nitrogens with zero attached hydrogens (tertiary/aromatic N) is 2. The van der Waals surface area contributed by atoms with Gasteiger partial charge in [-0.3, -0.25) is 0 Å². The number of nitrogens with one attached hydrogen (secondary N) is 1. The second kappa shape index (κ2) is 7.59. The van der Waals surface area contributed by atoms with Crippen LogP contribution in [0.3, 0.4) is 0 Å². The molecule has 0 fully saturated rings. The van der Waals surface area contributed by atoms with Crippen LogP contribution in [-0.4, -0.2) is 23.1 Å². The molecular formula is C16H29N3. The maximum absolute atomic E-state index is 4.65. The van der Waals surface area contributed by atoms with E-state index in [9.17, 15) is 0 Å². The molecular weight excluding hydrogens is 234 g/mol. The zero-order valence-corrected chi connectivity index (χ0v) is 13.4. The maximum Gasteiger partial charge on any atom is 0.131 e. The quantitative estimate of drug-likeness (QED) is 0.766. The Morgan fingerprint density at radius 3 is 2.11 bits per heavy atom. The van der Waals surface area contributed by atoms with E-state index < -0.39 is 0 Å². The van der Waals surface area contributed by atoms with E-state index in [1.165, 1.54) is 12.0 Å². The Morgan fingerprint density at radius 1 is 1.05 bits per heavy atom. The lowest BCUT2D eigenvalue weighted by atomic mass is 9.98. The highest BCUT2D eigenvalue weighted by atomic mass is 14.9. The molecule has 0 aliphatic heterocycles. The van der Waals surface area contributed by atoms with Gasteiger partial charge in [0, 0.05) is 17.3 Å². The van der Waals surface area contributed by atoms with Gasteiger partial charge in [-0.25, -0.2) is 9.97 Å². The van der Waals surface area contributed by atoms with Crippen molar-refractivity contribution in [3.05, 3.63) is 22.8 Å². The molecule has 1 aromatic heterocycles. The van der Waals surface area contributed by atoms with Crippen LogP contribution in [0.15, 0.2) is 0 Å². The van der Waals surface area contributed by atoms with Gasteiger partial charge < -0.3 is 5.32 Å². The fraction of sp³-hybridized carbons (Fsp3) is 0.750. The van der Waals surface area contributed by atoms with E-state index in [-0.39, 0.29) is 0 Å². The predicted octanol–water partition coefficient (Wildman–Crippen LogP) is 3.40. The lowest BCUT2D eigenvalue weighted by Gasteiger charge is -2.17. The van der Waals surface area contributed by atoms with Crippen LogP contribution < -0.4 is 5.32 Å². The van der Waals surface area contributed by atoms with Crippen LogP contribution in [0.4, 0.5) is 0 Å². The Kier molecular flexibility index (Phi) is 6.43. The first kappa shape index (κ1) is 16.1. The van der Waals surface area contributed by atoms with E-state index in [2.05, 4.69) is 56.8 Å². The Labute approximate surface area is 118 Å². The largest absolute Gasteiger partial charge is 0.316 e. The molecule has 1 rings (SSSR count). The minimum absolute atomic E-state index is 0.398. The van der Waals surface area contributed by atoms with E-state index in [1.807, 2.05) is 0 Å². The highest BCUT2D eigenvalue weighted by molar-refractivity contribution is 5.25. The molecule has 0 saturated heterocycles. The standard InChI is InChI=1S/C16H29N3/c1-7-8-17-10-12(4)9-15-13(5)18-16(11(2)3)19-14(15)6/h11-12,17H,7-10H2,1-6H3. The summed E-state index contributed by atoms with van der Waals surface area (Å²) in [6.07, 6.45) is 2.25. The molecule has 0 radical (unpaired) electrons. The topological polar surface area (TPSA) is 37.8 Å². The first-order valence-corrected chi connectivity index (χ1v) is 7.50. The summed E-state index contributed by atoms with van der Waals surface area (Å²) in [6, 6.07) is 0. The Bertz CT molecular complexity index is 376. The average molecular weight is 263 g/mol. The minimum atomic E-state index is 0.398. The first-order valence-electron chi connectivity index (χ1n) is 7.50. The summed E-state index contributed by atoms with van der Waals surface area (Å²) in [5, 5.41) is 3.48. The van der Waals surface area contributed by atoms with Gasteiger partial charge in [0.1, 0.15) is 5.82 Å². The van der Waals surface area contributed by atoms with E-state index in [0.29, 0.717) is 11.8 Å². The first-order chi connectivity index (χ1) is 8.95. The van der Waals surface area contributed by atoms with Gasteiger partial charge in [-0.15, -0.1) is 0 Å². The van der Waals surface area contributed by atoms with E-state index in [1.54, 1.807) is 0 Å². The molecule has 0 aliphatic rings. The van der Waals surface area contributed by atoms with Crippen molar-refractivity contribution in [3.8, 4) is 0 Å². The van der Waals surface area contributed by atoms with Crippen LogP contribution in [0.25, 0.3) is 0 Å². The van der Waals surface area contributed by atoms with Crippen molar-refractivity contribution in [1.82, 2.24) is 15.3 Å². The molecule has 1 atom stereocenters. The second-order valence-corrected chi connectivity index (χ2v) is 5.90. The molecule has 19 heavy (non-hydrogen) atoms. The number of aromatic nitrogens is 2. The fourth-order valence-corrected chi connectivity index (χ4v) is 2.26. The summed E-state index contributed by atoms with van der Waals surface area (Å²) >= 11 is 0. The maximum atomic E-state index is 4.65. The lowest BCUT2D eigenvalue weighted by Crippen LogP contribution is -2.24. The highest BCUT2D eigenvalue weighted by Crippen LogP contribution is 2.18. The number of hydrogen-bond acceptors (Lipinski definition) is 3. The van der Waals surface area contributed by atoms with Gasteiger partial charge in [-0.2, -0.15) is 0 Å². The molecule has 3 heteroatoms. The van der Waals surface area contributed by atoms with Crippen molar-refractivity contribution in [3.63, 3.8) is 0 Å². The van der Waals surface area contributed by atoms with Gasteiger partial charge in [0.25, 0.3) is 0 Å². The third-order valence-corrected chi connectivity index (χ3v) is 3.43. The van der Waals surface area contributed by atoms with Crippen LogP contribution >= 0.6 is 0 Å². The van der Waals surface area contributed by atoms with Gasteiger partial charge in [-0.1, -0.05) is 27.7 Å². The predicted molar refractivity (Wildman–Crippen MR) is 81.6 cm³/mol. The highest BCUT2D eigenvalue weighted by Gasteiger charge is 2.13. The monoisotopic (exact) mass is 263 g/mol. The molecule has 0 spiro atoms. The van der Waals surface area contributed by atoms with Crippen molar-refractivity contribution in [2.45, 2.75) is 60.3 Å². The second-order valence-electron chi connectivity index (χ2n) is 5.90. The Hall–Kier alpha value is -0.960. The molecule has 0 aliphatic carbocycles. The van der Waals surface area contributed by atoms with Gasteiger partial charge in [0.05, 0.1) is 0 Å². The summed E-state index contributed by atoms with van der Waals surface area (Å²) in [5.74, 6) is 1.99. The fourth-order valence-electron chi connectivity index (χ4n) is 2.26. The van der Waals surface area contributed by atoms with E-state index in [0.717, 1.165) is 36.7 Å². The summed E-state index contributed by atoms with van der Waals surface area (Å²) in [6.45, 7) is 15.2. The van der Waals surface area contributed by atoms with E-state index >= 15 is 0 Å². The molecule has 1 N–H and O–H groups in total. The molecule has 108 valence electrons. The molecule has 0 bridgehead atoms. The Balaban J connectivity index is 2.73. The van der Waals surface area contributed by atoms with Crippen molar-refractivity contribution >= 4 is 0 Å². The van der Waals surface area contributed by atoms with Gasteiger partial charge in [0.15, 0.2) is 0 Å². The molecule has 1 heterocycles. The van der Waals surface area contributed by atoms with Crippen molar-refractivity contribution < 1.29 is 0 Å². The van der Waals surface area contributed by atoms with Gasteiger partial charge >= 0.3 is 0 Å². The number of rotatable bonds is 7. The van der Waals surface area contributed by atoms with Crippen LogP contribution in [0.2, 0.25) is 0 Å². The average Bonchev–Trinajstić information content (AvgIpc) is 2.33. The third-order valence-electron chi connectivity index (χ3n) is 3.43. The lowest BCUT2D eigenvalue weighted by molar-refractivity contribution is 0.506. The van der Waals surface area contributed by atoms with Crippen molar-refractivity contribution in [1.29, 1.82) is 0 Å². The SMILES string of the molecule is CCCNCC(C)Cc1c(C)nc(C(C)C)nc1C. The summed E-state index contributed by atoms with van der Waals surface area (Å²) < 4.78 is 0. The normalized spacial score (nSPS) is 13.0. The van der Waals surface area contributed by atoms with Crippen LogP contribution in [0.5, 0.6) is 0 Å².